The van der Waals surface area contributed by atoms with Crippen molar-refractivity contribution in [3.8, 4) is 0 Å². The molecule has 1 fully saturated rings. The molecule has 1 aliphatic carbocycles. The smallest absolute Gasteiger partial charge is 0.0537 e. The maximum Gasteiger partial charge on any atom is 0.0537 e. The molecule has 0 radical (unpaired) electrons. The fourth-order valence-corrected chi connectivity index (χ4v) is 3.74. The zero-order valence-electron chi connectivity index (χ0n) is 10.1. The van der Waals surface area contributed by atoms with Gasteiger partial charge in [-0.25, -0.2) is 0 Å². The van der Waals surface area contributed by atoms with Crippen LogP contribution in [-0.2, 0) is 7.05 Å². The van der Waals surface area contributed by atoms with Gasteiger partial charge in [-0.15, -0.1) is 0 Å². The molecule has 0 spiro atoms. The van der Waals surface area contributed by atoms with Crippen LogP contribution in [0.4, 0.5) is 0 Å². The Morgan fingerprint density at radius 2 is 2.31 bits per heavy atom. The van der Waals surface area contributed by atoms with Crippen LogP contribution in [0.3, 0.4) is 0 Å². The van der Waals surface area contributed by atoms with Crippen molar-refractivity contribution in [2.24, 2.45) is 7.05 Å². The van der Waals surface area contributed by atoms with Crippen molar-refractivity contribution in [2.75, 3.05) is 12.8 Å². The van der Waals surface area contributed by atoms with Gasteiger partial charge in [0, 0.05) is 35.9 Å². The fourth-order valence-electron chi connectivity index (χ4n) is 2.25. The summed E-state index contributed by atoms with van der Waals surface area (Å²) in [7, 11) is 4.01. The summed E-state index contributed by atoms with van der Waals surface area (Å²) in [6.45, 7) is 0. The van der Waals surface area contributed by atoms with Gasteiger partial charge in [0.2, 0.25) is 0 Å². The number of hydrogen-bond acceptors (Lipinski definition) is 3. The first-order chi connectivity index (χ1) is 7.79. The molecule has 4 heteroatoms. The van der Waals surface area contributed by atoms with E-state index in [1.165, 1.54) is 31.2 Å². The van der Waals surface area contributed by atoms with Crippen molar-refractivity contribution in [2.45, 2.75) is 37.0 Å². The van der Waals surface area contributed by atoms with E-state index in [0.29, 0.717) is 6.04 Å². The Morgan fingerprint density at radius 1 is 1.56 bits per heavy atom. The van der Waals surface area contributed by atoms with Gasteiger partial charge in [0.15, 0.2) is 0 Å². The molecule has 0 aliphatic heterocycles. The van der Waals surface area contributed by atoms with E-state index in [-0.39, 0.29) is 0 Å². The monoisotopic (exact) mass is 239 g/mol. The largest absolute Gasteiger partial charge is 0.312 e. The number of rotatable bonds is 5. The molecule has 1 unspecified atom stereocenters. The molecule has 1 aromatic rings. The number of thioether (sulfide) groups is 1. The van der Waals surface area contributed by atoms with E-state index in [1.54, 1.807) is 0 Å². The van der Waals surface area contributed by atoms with Crippen LogP contribution < -0.4 is 5.32 Å². The van der Waals surface area contributed by atoms with Gasteiger partial charge < -0.3 is 5.32 Å². The predicted molar refractivity (Wildman–Crippen MR) is 69.7 cm³/mol. The molecular weight excluding hydrogens is 218 g/mol. The summed E-state index contributed by atoms with van der Waals surface area (Å²) in [5.41, 5.74) is 1.30. The first kappa shape index (κ1) is 12.0. The second-order valence-corrected chi connectivity index (χ2v) is 5.86. The molecule has 0 amide bonds. The van der Waals surface area contributed by atoms with Gasteiger partial charge in [0.05, 0.1) is 6.20 Å². The molecule has 0 saturated heterocycles. The van der Waals surface area contributed by atoms with Crippen LogP contribution in [0, 0.1) is 0 Å². The third-order valence-electron chi connectivity index (χ3n) is 3.28. The number of nitrogens with zero attached hydrogens (tertiary/aromatic N) is 2. The van der Waals surface area contributed by atoms with Gasteiger partial charge in [0.25, 0.3) is 0 Å². The van der Waals surface area contributed by atoms with E-state index in [0.717, 1.165) is 11.0 Å². The predicted octanol–water partition coefficient (Wildman–Crippen LogP) is 2.36. The van der Waals surface area contributed by atoms with Crippen LogP contribution in [0.15, 0.2) is 12.4 Å². The zero-order chi connectivity index (χ0) is 11.4. The summed E-state index contributed by atoms with van der Waals surface area (Å²) in [5.74, 6) is 1.16. The highest BCUT2D eigenvalue weighted by atomic mass is 32.2. The van der Waals surface area contributed by atoms with E-state index in [9.17, 15) is 0 Å². The van der Waals surface area contributed by atoms with Gasteiger partial charge in [-0.1, -0.05) is 12.8 Å². The highest BCUT2D eigenvalue weighted by Gasteiger charge is 2.18. The van der Waals surface area contributed by atoms with Crippen molar-refractivity contribution in [1.82, 2.24) is 15.1 Å². The molecule has 1 saturated carbocycles. The average Bonchev–Trinajstić information content (AvgIpc) is 2.91. The molecule has 1 atom stereocenters. The Morgan fingerprint density at radius 3 is 2.88 bits per heavy atom. The molecule has 1 aliphatic rings. The summed E-state index contributed by atoms with van der Waals surface area (Å²) in [6, 6.07) is 0.444. The molecule has 3 nitrogen and oxygen atoms in total. The standard InChI is InChI=1S/C12H21N3S/c1-13-12(10-7-14-15(2)8-10)9-16-11-5-3-4-6-11/h7-8,11-13H,3-6,9H2,1-2H3. The maximum atomic E-state index is 4.23. The summed E-state index contributed by atoms with van der Waals surface area (Å²) < 4.78 is 1.87. The Labute approximate surface area is 102 Å². The number of hydrogen-bond donors (Lipinski definition) is 1. The molecule has 0 bridgehead atoms. The number of aryl methyl sites for hydroxylation is 1. The van der Waals surface area contributed by atoms with Crippen LogP contribution >= 0.6 is 11.8 Å². The second kappa shape index (κ2) is 5.73. The highest BCUT2D eigenvalue weighted by molar-refractivity contribution is 7.99. The molecule has 1 heterocycles. The first-order valence-corrected chi connectivity index (χ1v) is 7.12. The van der Waals surface area contributed by atoms with E-state index in [2.05, 4.69) is 28.4 Å². The Balaban J connectivity index is 1.85. The lowest BCUT2D eigenvalue weighted by molar-refractivity contribution is 0.658. The molecular formula is C12H21N3S. The Kier molecular flexibility index (Phi) is 4.29. The zero-order valence-corrected chi connectivity index (χ0v) is 11.0. The van der Waals surface area contributed by atoms with Crippen LogP contribution in [0.5, 0.6) is 0 Å². The minimum absolute atomic E-state index is 0.444. The third kappa shape index (κ3) is 3.01. The van der Waals surface area contributed by atoms with E-state index < -0.39 is 0 Å². The molecule has 2 rings (SSSR count). The topological polar surface area (TPSA) is 29.9 Å². The van der Waals surface area contributed by atoms with Crippen LogP contribution in [0.25, 0.3) is 0 Å². The quantitative estimate of drug-likeness (QED) is 0.855. The number of nitrogens with one attached hydrogen (secondary N) is 1. The van der Waals surface area contributed by atoms with Crippen molar-refractivity contribution in [1.29, 1.82) is 0 Å². The molecule has 1 N–H and O–H groups in total. The first-order valence-electron chi connectivity index (χ1n) is 6.07. The van der Waals surface area contributed by atoms with Crippen LogP contribution in [-0.4, -0.2) is 27.8 Å². The molecule has 16 heavy (non-hydrogen) atoms. The van der Waals surface area contributed by atoms with Gasteiger partial charge in [-0.3, -0.25) is 4.68 Å². The van der Waals surface area contributed by atoms with Crippen molar-refractivity contribution in [3.63, 3.8) is 0 Å². The summed E-state index contributed by atoms with van der Waals surface area (Å²) in [4.78, 5) is 0. The third-order valence-corrected chi connectivity index (χ3v) is 4.75. The van der Waals surface area contributed by atoms with Crippen molar-refractivity contribution in [3.05, 3.63) is 18.0 Å². The average molecular weight is 239 g/mol. The SMILES string of the molecule is CNC(CSC1CCCC1)c1cnn(C)c1. The Bertz CT molecular complexity index is 318. The van der Waals surface area contributed by atoms with Crippen molar-refractivity contribution < 1.29 is 0 Å². The molecule has 90 valence electrons. The van der Waals surface area contributed by atoms with Gasteiger partial charge in [0.1, 0.15) is 0 Å². The maximum absolute atomic E-state index is 4.23. The van der Waals surface area contributed by atoms with Crippen molar-refractivity contribution >= 4 is 11.8 Å². The van der Waals surface area contributed by atoms with Gasteiger partial charge in [-0.05, 0) is 19.9 Å². The van der Waals surface area contributed by atoms with E-state index in [1.807, 2.05) is 25.0 Å². The summed E-state index contributed by atoms with van der Waals surface area (Å²) in [5, 5.41) is 8.51. The van der Waals surface area contributed by atoms with Gasteiger partial charge in [-0.2, -0.15) is 16.9 Å². The van der Waals surface area contributed by atoms with Crippen LogP contribution in [0.2, 0.25) is 0 Å². The fraction of sp³-hybridized carbons (Fsp3) is 0.750. The molecule has 0 aromatic carbocycles. The highest BCUT2D eigenvalue weighted by Crippen LogP contribution is 2.31. The minimum Gasteiger partial charge on any atom is -0.312 e. The number of aromatic nitrogens is 2. The lowest BCUT2D eigenvalue weighted by atomic mass is 10.2. The second-order valence-electron chi connectivity index (χ2n) is 4.53. The van der Waals surface area contributed by atoms with Gasteiger partial charge >= 0.3 is 0 Å². The lowest BCUT2D eigenvalue weighted by Gasteiger charge is -2.16. The van der Waals surface area contributed by atoms with Crippen LogP contribution in [0.1, 0.15) is 37.3 Å². The van der Waals surface area contributed by atoms with E-state index >= 15 is 0 Å². The minimum atomic E-state index is 0.444. The van der Waals surface area contributed by atoms with E-state index in [4.69, 9.17) is 0 Å². The molecule has 1 aromatic heterocycles. The summed E-state index contributed by atoms with van der Waals surface area (Å²) >= 11 is 2.12. The lowest BCUT2D eigenvalue weighted by Crippen LogP contribution is -2.19. The normalized spacial score (nSPS) is 19.1. The summed E-state index contributed by atoms with van der Waals surface area (Å²) in [6.07, 6.45) is 9.75. The Hall–Kier alpha value is -0.480.